The summed E-state index contributed by atoms with van der Waals surface area (Å²) in [6, 6.07) is 2.01. The number of aryl methyl sites for hydroxylation is 2. The molecule has 90 valence electrons. The van der Waals surface area contributed by atoms with Gasteiger partial charge < -0.3 is 4.90 Å². The maximum absolute atomic E-state index is 11.9. The van der Waals surface area contributed by atoms with E-state index in [0.717, 1.165) is 22.7 Å². The highest BCUT2D eigenvalue weighted by molar-refractivity contribution is 8.00. The van der Waals surface area contributed by atoms with Gasteiger partial charge in [0.2, 0.25) is 0 Å². The van der Waals surface area contributed by atoms with E-state index in [1.807, 2.05) is 19.9 Å². The minimum Gasteiger partial charge on any atom is -0.309 e. The first-order valence-corrected chi connectivity index (χ1v) is 7.30. The molecule has 0 N–H and O–H groups in total. The highest BCUT2D eigenvalue weighted by Gasteiger charge is 2.11. The summed E-state index contributed by atoms with van der Waals surface area (Å²) in [5.74, 6) is 1.89. The Kier molecular flexibility index (Phi) is 5.52. The molecule has 1 aromatic heterocycles. The van der Waals surface area contributed by atoms with Gasteiger partial charge in [0.1, 0.15) is 0 Å². The third-order valence-corrected chi connectivity index (χ3v) is 4.16. The molecule has 4 heteroatoms. The first-order valence-electron chi connectivity index (χ1n) is 5.33. The quantitative estimate of drug-likeness (QED) is 0.577. The van der Waals surface area contributed by atoms with Crippen LogP contribution in [0.2, 0.25) is 0 Å². The molecule has 0 radical (unpaired) electrons. The molecule has 0 saturated carbocycles. The van der Waals surface area contributed by atoms with Gasteiger partial charge in [-0.3, -0.25) is 4.79 Å². The molecule has 0 saturated heterocycles. The second-order valence-electron chi connectivity index (χ2n) is 4.11. The number of Topliss-reactive ketones (excluding diaryl/α,β-unsaturated/α-hetero) is 1. The molecule has 0 amide bonds. The maximum Gasteiger partial charge on any atom is 0.173 e. The van der Waals surface area contributed by atoms with Crippen molar-refractivity contribution in [3.05, 3.63) is 21.4 Å². The van der Waals surface area contributed by atoms with E-state index >= 15 is 0 Å². The van der Waals surface area contributed by atoms with Crippen LogP contribution >= 0.6 is 23.1 Å². The van der Waals surface area contributed by atoms with Gasteiger partial charge in [-0.15, -0.1) is 11.3 Å². The predicted molar refractivity (Wildman–Crippen MR) is 74.0 cm³/mol. The smallest absolute Gasteiger partial charge is 0.173 e. The van der Waals surface area contributed by atoms with Gasteiger partial charge in [0.05, 0.1) is 5.75 Å². The number of carbonyl (C=O) groups is 1. The number of hydrogen-bond acceptors (Lipinski definition) is 4. The summed E-state index contributed by atoms with van der Waals surface area (Å²) in [4.78, 5) is 16.4. The van der Waals surface area contributed by atoms with E-state index in [-0.39, 0.29) is 5.78 Å². The van der Waals surface area contributed by atoms with Crippen molar-refractivity contribution in [2.24, 2.45) is 0 Å². The number of thioether (sulfide) groups is 1. The van der Waals surface area contributed by atoms with E-state index in [0.29, 0.717) is 5.75 Å². The second-order valence-corrected chi connectivity index (χ2v) is 6.67. The van der Waals surface area contributed by atoms with Crippen LogP contribution in [-0.2, 0) is 0 Å². The van der Waals surface area contributed by atoms with Gasteiger partial charge in [-0.1, -0.05) is 0 Å². The summed E-state index contributed by atoms with van der Waals surface area (Å²) in [6.45, 7) is 5.10. The van der Waals surface area contributed by atoms with Crippen LogP contribution in [0.25, 0.3) is 0 Å². The van der Waals surface area contributed by atoms with E-state index in [9.17, 15) is 4.79 Å². The van der Waals surface area contributed by atoms with Crippen LogP contribution in [0.5, 0.6) is 0 Å². The minimum absolute atomic E-state index is 0.269. The molecule has 1 heterocycles. The first kappa shape index (κ1) is 13.7. The Balaban J connectivity index is 2.38. The average Bonchev–Trinajstić information content (AvgIpc) is 2.52. The Morgan fingerprint density at radius 3 is 2.62 bits per heavy atom. The molecular formula is C12H19NOS2. The van der Waals surface area contributed by atoms with Gasteiger partial charge in [-0.05, 0) is 34.0 Å². The van der Waals surface area contributed by atoms with Crippen LogP contribution in [0.15, 0.2) is 6.07 Å². The largest absolute Gasteiger partial charge is 0.309 e. The van der Waals surface area contributed by atoms with Crippen molar-refractivity contribution in [3.8, 4) is 0 Å². The lowest BCUT2D eigenvalue weighted by Gasteiger charge is -2.08. The van der Waals surface area contributed by atoms with Crippen LogP contribution in [0.3, 0.4) is 0 Å². The average molecular weight is 257 g/mol. The molecule has 1 aromatic rings. The highest BCUT2D eigenvalue weighted by Crippen LogP contribution is 2.22. The summed E-state index contributed by atoms with van der Waals surface area (Å²) in [5, 5.41) is 0. The van der Waals surface area contributed by atoms with E-state index in [2.05, 4.69) is 19.0 Å². The molecule has 0 aliphatic carbocycles. The Labute approximate surface area is 106 Å². The SMILES string of the molecule is Cc1cc(C(=O)CSCCN(C)C)c(C)s1. The summed E-state index contributed by atoms with van der Waals surface area (Å²) in [5.41, 5.74) is 0.917. The number of nitrogens with zero attached hydrogens (tertiary/aromatic N) is 1. The van der Waals surface area contributed by atoms with Crippen molar-refractivity contribution in [3.63, 3.8) is 0 Å². The fourth-order valence-corrected chi connectivity index (χ4v) is 3.32. The first-order chi connectivity index (χ1) is 7.50. The second kappa shape index (κ2) is 6.42. The van der Waals surface area contributed by atoms with Crippen molar-refractivity contribution in [1.29, 1.82) is 0 Å². The van der Waals surface area contributed by atoms with Gasteiger partial charge in [0.25, 0.3) is 0 Å². The van der Waals surface area contributed by atoms with Crippen molar-refractivity contribution in [2.75, 3.05) is 32.1 Å². The van der Waals surface area contributed by atoms with Crippen molar-refractivity contribution < 1.29 is 4.79 Å². The Morgan fingerprint density at radius 2 is 2.12 bits per heavy atom. The van der Waals surface area contributed by atoms with Crippen LogP contribution < -0.4 is 0 Å². The molecule has 0 bridgehead atoms. The monoisotopic (exact) mass is 257 g/mol. The fourth-order valence-electron chi connectivity index (χ4n) is 1.40. The van der Waals surface area contributed by atoms with Gasteiger partial charge in [0.15, 0.2) is 5.78 Å². The number of hydrogen-bond donors (Lipinski definition) is 0. The van der Waals surface area contributed by atoms with Crippen molar-refractivity contribution in [2.45, 2.75) is 13.8 Å². The fraction of sp³-hybridized carbons (Fsp3) is 0.583. The third-order valence-electron chi connectivity index (χ3n) is 2.26. The Hall–Kier alpha value is -0.320. The normalized spacial score (nSPS) is 11.1. The highest BCUT2D eigenvalue weighted by atomic mass is 32.2. The Bertz CT molecular complexity index is 358. The summed E-state index contributed by atoms with van der Waals surface area (Å²) in [6.07, 6.45) is 0. The molecular weight excluding hydrogens is 238 g/mol. The van der Waals surface area contributed by atoms with E-state index in [4.69, 9.17) is 0 Å². The van der Waals surface area contributed by atoms with Crippen LogP contribution in [0.4, 0.5) is 0 Å². The lowest BCUT2D eigenvalue weighted by atomic mass is 10.2. The van der Waals surface area contributed by atoms with Crippen LogP contribution in [-0.4, -0.2) is 42.8 Å². The zero-order valence-electron chi connectivity index (χ0n) is 10.4. The number of ketones is 1. The van der Waals surface area contributed by atoms with E-state index < -0.39 is 0 Å². The van der Waals surface area contributed by atoms with Gasteiger partial charge in [-0.2, -0.15) is 11.8 Å². The van der Waals surface area contributed by atoms with Gasteiger partial charge in [0, 0.05) is 27.6 Å². The Morgan fingerprint density at radius 1 is 1.44 bits per heavy atom. The van der Waals surface area contributed by atoms with Crippen LogP contribution in [0.1, 0.15) is 20.1 Å². The molecule has 0 atom stereocenters. The van der Waals surface area contributed by atoms with E-state index in [1.165, 1.54) is 4.88 Å². The minimum atomic E-state index is 0.269. The summed E-state index contributed by atoms with van der Waals surface area (Å²) in [7, 11) is 4.10. The van der Waals surface area contributed by atoms with Crippen LogP contribution in [0, 0.1) is 13.8 Å². The molecule has 0 aliphatic rings. The van der Waals surface area contributed by atoms with Crippen molar-refractivity contribution in [1.82, 2.24) is 4.90 Å². The number of carbonyl (C=O) groups excluding carboxylic acids is 1. The van der Waals surface area contributed by atoms with E-state index in [1.54, 1.807) is 23.1 Å². The topological polar surface area (TPSA) is 20.3 Å². The molecule has 16 heavy (non-hydrogen) atoms. The zero-order valence-corrected chi connectivity index (χ0v) is 12.0. The number of thiophene rings is 1. The molecule has 1 rings (SSSR count). The predicted octanol–water partition coefficient (Wildman–Crippen LogP) is 2.84. The molecule has 0 fully saturated rings. The summed E-state index contributed by atoms with van der Waals surface area (Å²) >= 11 is 3.42. The van der Waals surface area contributed by atoms with Crippen molar-refractivity contribution >= 4 is 28.9 Å². The van der Waals surface area contributed by atoms with Gasteiger partial charge >= 0.3 is 0 Å². The molecule has 0 unspecified atom stereocenters. The molecule has 0 aromatic carbocycles. The zero-order chi connectivity index (χ0) is 12.1. The lowest BCUT2D eigenvalue weighted by Crippen LogP contribution is -2.15. The lowest BCUT2D eigenvalue weighted by molar-refractivity contribution is 0.102. The standard InChI is InChI=1S/C12H19NOS2/c1-9-7-11(10(2)16-9)12(14)8-15-6-5-13(3)4/h7H,5-6,8H2,1-4H3. The van der Waals surface area contributed by atoms with Gasteiger partial charge in [-0.25, -0.2) is 0 Å². The molecule has 0 aliphatic heterocycles. The third kappa shape index (κ3) is 4.28. The maximum atomic E-state index is 11.9. The molecule has 2 nitrogen and oxygen atoms in total. The molecule has 0 spiro atoms. The summed E-state index contributed by atoms with van der Waals surface area (Å²) < 4.78 is 0. The number of rotatable bonds is 6.